The summed E-state index contributed by atoms with van der Waals surface area (Å²) in [6.07, 6.45) is 1.62. The molecule has 2 rings (SSSR count). The van der Waals surface area contributed by atoms with Crippen LogP contribution in [0, 0.1) is 15.9 Å². The van der Waals surface area contributed by atoms with Crippen LogP contribution in [-0.4, -0.2) is 15.5 Å². The molecule has 1 aromatic heterocycles. The van der Waals surface area contributed by atoms with Crippen LogP contribution < -0.4 is 10.1 Å². The smallest absolute Gasteiger partial charge is 0.272 e. The minimum absolute atomic E-state index is 0.200. The maximum atomic E-state index is 13.8. The van der Waals surface area contributed by atoms with Crippen molar-refractivity contribution in [2.75, 3.05) is 5.32 Å². The molecule has 0 bridgehead atoms. The highest BCUT2D eigenvalue weighted by Gasteiger charge is 2.13. The van der Waals surface area contributed by atoms with E-state index in [2.05, 4.69) is 10.3 Å². The number of anilines is 1. The monoisotopic (exact) mass is 319 g/mol. The van der Waals surface area contributed by atoms with Crippen molar-refractivity contribution >= 4 is 11.4 Å². The number of nitro benzene ring substituents is 1. The maximum absolute atomic E-state index is 13.8. The molecular weight excluding hydrogens is 301 g/mol. The molecule has 23 heavy (non-hydrogen) atoms. The molecule has 0 aliphatic heterocycles. The predicted octanol–water partition coefficient (Wildman–Crippen LogP) is 3.92. The van der Waals surface area contributed by atoms with Gasteiger partial charge in [0.2, 0.25) is 5.88 Å². The van der Waals surface area contributed by atoms with Crippen LogP contribution in [0.1, 0.15) is 26.3 Å². The second-order valence-electron chi connectivity index (χ2n) is 5.99. The van der Waals surface area contributed by atoms with Gasteiger partial charge in [0.15, 0.2) is 5.82 Å². The van der Waals surface area contributed by atoms with E-state index in [1.165, 1.54) is 12.1 Å². The van der Waals surface area contributed by atoms with Crippen LogP contribution in [0.5, 0.6) is 5.88 Å². The fourth-order valence-corrected chi connectivity index (χ4v) is 1.89. The molecule has 0 radical (unpaired) electrons. The van der Waals surface area contributed by atoms with E-state index in [1.807, 2.05) is 20.8 Å². The third-order valence-corrected chi connectivity index (χ3v) is 2.86. The second-order valence-corrected chi connectivity index (χ2v) is 5.99. The summed E-state index contributed by atoms with van der Waals surface area (Å²) in [6.45, 7) is 6.11. The van der Waals surface area contributed by atoms with Crippen molar-refractivity contribution in [1.29, 1.82) is 0 Å². The quantitative estimate of drug-likeness (QED) is 0.667. The van der Waals surface area contributed by atoms with Crippen LogP contribution in [0.25, 0.3) is 0 Å². The molecule has 0 atom stereocenters. The number of nitrogens with one attached hydrogen (secondary N) is 1. The standard InChI is InChI=1S/C16H18FN3O3/c1-16(2,3)23-15-8-11(6-7-18-15)10-19-14-5-4-12(20(21)22)9-13(14)17/h4-9,19H,10H2,1-3H3. The van der Waals surface area contributed by atoms with Crippen molar-refractivity contribution in [2.24, 2.45) is 0 Å². The summed E-state index contributed by atoms with van der Waals surface area (Å²) in [6, 6.07) is 7.05. The Balaban J connectivity index is 2.06. The molecule has 6 nitrogen and oxygen atoms in total. The minimum Gasteiger partial charge on any atom is -0.472 e. The van der Waals surface area contributed by atoms with E-state index in [4.69, 9.17) is 4.74 Å². The molecule has 1 heterocycles. The van der Waals surface area contributed by atoms with Gasteiger partial charge in [-0.25, -0.2) is 9.37 Å². The van der Waals surface area contributed by atoms with Gasteiger partial charge in [-0.3, -0.25) is 10.1 Å². The number of aromatic nitrogens is 1. The highest BCUT2D eigenvalue weighted by Crippen LogP contribution is 2.22. The number of ether oxygens (including phenoxy) is 1. The predicted molar refractivity (Wildman–Crippen MR) is 85.0 cm³/mol. The molecule has 1 aromatic carbocycles. The first kappa shape index (κ1) is 16.7. The normalized spacial score (nSPS) is 11.1. The highest BCUT2D eigenvalue weighted by atomic mass is 19.1. The van der Waals surface area contributed by atoms with Gasteiger partial charge in [-0.1, -0.05) is 0 Å². The molecular formula is C16H18FN3O3. The molecule has 0 amide bonds. The second kappa shape index (κ2) is 6.60. The lowest BCUT2D eigenvalue weighted by Gasteiger charge is -2.20. The lowest BCUT2D eigenvalue weighted by Crippen LogP contribution is -2.23. The van der Waals surface area contributed by atoms with E-state index < -0.39 is 10.7 Å². The van der Waals surface area contributed by atoms with Crippen LogP contribution in [0.15, 0.2) is 36.5 Å². The zero-order chi connectivity index (χ0) is 17.0. The van der Waals surface area contributed by atoms with Gasteiger partial charge in [0.05, 0.1) is 16.7 Å². The first-order chi connectivity index (χ1) is 10.7. The fraction of sp³-hybridized carbons (Fsp3) is 0.312. The number of non-ortho nitro benzene ring substituents is 1. The summed E-state index contributed by atoms with van der Waals surface area (Å²) in [7, 11) is 0. The summed E-state index contributed by atoms with van der Waals surface area (Å²) in [5.41, 5.74) is 0.421. The zero-order valence-corrected chi connectivity index (χ0v) is 13.2. The van der Waals surface area contributed by atoms with Crippen LogP contribution in [0.4, 0.5) is 15.8 Å². The Bertz CT molecular complexity index is 714. The summed E-state index contributed by atoms with van der Waals surface area (Å²) in [4.78, 5) is 14.1. The number of benzene rings is 1. The summed E-state index contributed by atoms with van der Waals surface area (Å²) in [5, 5.41) is 13.5. The SMILES string of the molecule is CC(C)(C)Oc1cc(CNc2ccc([N+](=O)[O-])cc2F)ccn1. The Morgan fingerprint density at radius 1 is 1.30 bits per heavy atom. The molecule has 122 valence electrons. The van der Waals surface area contributed by atoms with Gasteiger partial charge in [0.25, 0.3) is 5.69 Å². The van der Waals surface area contributed by atoms with Crippen molar-refractivity contribution in [1.82, 2.24) is 4.98 Å². The van der Waals surface area contributed by atoms with E-state index >= 15 is 0 Å². The zero-order valence-electron chi connectivity index (χ0n) is 13.2. The van der Waals surface area contributed by atoms with Crippen molar-refractivity contribution in [3.63, 3.8) is 0 Å². The summed E-state index contributed by atoms with van der Waals surface area (Å²) < 4.78 is 19.5. The van der Waals surface area contributed by atoms with Gasteiger partial charge in [-0.2, -0.15) is 0 Å². The first-order valence-corrected chi connectivity index (χ1v) is 7.06. The third kappa shape index (κ3) is 4.91. The molecule has 0 unspecified atom stereocenters. The van der Waals surface area contributed by atoms with E-state index in [1.54, 1.807) is 18.3 Å². The number of hydrogen-bond acceptors (Lipinski definition) is 5. The average molecular weight is 319 g/mol. The fourth-order valence-electron chi connectivity index (χ4n) is 1.89. The molecule has 0 aliphatic carbocycles. The molecule has 0 fully saturated rings. The van der Waals surface area contributed by atoms with Crippen molar-refractivity contribution < 1.29 is 14.1 Å². The van der Waals surface area contributed by atoms with Crippen molar-refractivity contribution in [3.05, 3.63) is 58.0 Å². The van der Waals surface area contributed by atoms with Crippen molar-refractivity contribution in [3.8, 4) is 5.88 Å². The van der Waals surface area contributed by atoms with Gasteiger partial charge in [-0.15, -0.1) is 0 Å². The number of pyridine rings is 1. The van der Waals surface area contributed by atoms with Gasteiger partial charge in [0, 0.05) is 24.9 Å². The summed E-state index contributed by atoms with van der Waals surface area (Å²) >= 11 is 0. The lowest BCUT2D eigenvalue weighted by atomic mass is 10.2. The van der Waals surface area contributed by atoms with E-state index in [-0.39, 0.29) is 17.0 Å². The Hall–Kier alpha value is -2.70. The number of rotatable bonds is 5. The molecule has 2 aromatic rings. The molecule has 1 N–H and O–H groups in total. The average Bonchev–Trinajstić information content (AvgIpc) is 2.44. The van der Waals surface area contributed by atoms with E-state index in [0.29, 0.717) is 12.4 Å². The summed E-state index contributed by atoms with van der Waals surface area (Å²) in [5.74, 6) is -0.180. The van der Waals surface area contributed by atoms with Crippen LogP contribution in [0.2, 0.25) is 0 Å². The number of nitro groups is 1. The number of nitrogens with zero attached hydrogens (tertiary/aromatic N) is 2. The van der Waals surface area contributed by atoms with Gasteiger partial charge >= 0.3 is 0 Å². The molecule has 0 saturated carbocycles. The topological polar surface area (TPSA) is 77.3 Å². The number of halogens is 1. The highest BCUT2D eigenvalue weighted by molar-refractivity contribution is 5.50. The van der Waals surface area contributed by atoms with E-state index in [0.717, 1.165) is 11.6 Å². The van der Waals surface area contributed by atoms with Crippen LogP contribution in [-0.2, 0) is 6.54 Å². The molecule has 0 aliphatic rings. The van der Waals surface area contributed by atoms with E-state index in [9.17, 15) is 14.5 Å². The molecule has 7 heteroatoms. The van der Waals surface area contributed by atoms with Crippen LogP contribution >= 0.6 is 0 Å². The lowest BCUT2D eigenvalue weighted by molar-refractivity contribution is -0.385. The largest absolute Gasteiger partial charge is 0.472 e. The maximum Gasteiger partial charge on any atom is 0.272 e. The van der Waals surface area contributed by atoms with Crippen LogP contribution in [0.3, 0.4) is 0 Å². The van der Waals surface area contributed by atoms with Crippen molar-refractivity contribution in [2.45, 2.75) is 32.9 Å². The Morgan fingerprint density at radius 2 is 2.04 bits per heavy atom. The first-order valence-electron chi connectivity index (χ1n) is 7.06. The molecule has 0 spiro atoms. The Kier molecular flexibility index (Phi) is 4.78. The van der Waals surface area contributed by atoms with Gasteiger partial charge in [0.1, 0.15) is 5.60 Å². The Labute approximate surface area is 133 Å². The van der Waals surface area contributed by atoms with Gasteiger partial charge in [-0.05, 0) is 38.5 Å². The molecule has 0 saturated heterocycles. The number of hydrogen-bond donors (Lipinski definition) is 1. The third-order valence-electron chi connectivity index (χ3n) is 2.86. The Morgan fingerprint density at radius 3 is 2.65 bits per heavy atom. The minimum atomic E-state index is -0.667. The van der Waals surface area contributed by atoms with Gasteiger partial charge < -0.3 is 10.1 Å².